The third kappa shape index (κ3) is 3.34. The predicted octanol–water partition coefficient (Wildman–Crippen LogP) is 4.73. The number of rotatable bonds is 4. The fourth-order valence-electron chi connectivity index (χ4n) is 2.64. The minimum atomic E-state index is -0.219. The minimum Gasteiger partial charge on any atom is -0.490 e. The second kappa shape index (κ2) is 6.03. The van der Waals surface area contributed by atoms with Gasteiger partial charge in [-0.05, 0) is 55.9 Å². The van der Waals surface area contributed by atoms with E-state index < -0.39 is 0 Å². The van der Waals surface area contributed by atoms with E-state index in [1.165, 1.54) is 30.5 Å². The van der Waals surface area contributed by atoms with Crippen molar-refractivity contribution in [1.29, 1.82) is 0 Å². The summed E-state index contributed by atoms with van der Waals surface area (Å²) in [4.78, 5) is 0. The fourth-order valence-corrected chi connectivity index (χ4v) is 2.64. The minimum absolute atomic E-state index is 0.219. The third-order valence-corrected chi connectivity index (χ3v) is 3.67. The van der Waals surface area contributed by atoms with Gasteiger partial charge in [-0.2, -0.15) is 0 Å². The van der Waals surface area contributed by atoms with Gasteiger partial charge >= 0.3 is 0 Å². The quantitative estimate of drug-likeness (QED) is 0.700. The number of allylic oxidation sites excluding steroid dienone is 1. The van der Waals surface area contributed by atoms with Gasteiger partial charge in [0.2, 0.25) is 0 Å². The highest BCUT2D eigenvalue weighted by Gasteiger charge is 2.25. The van der Waals surface area contributed by atoms with Crippen molar-refractivity contribution in [1.82, 2.24) is 0 Å². The lowest BCUT2D eigenvalue weighted by molar-refractivity contribution is 0.143. The van der Waals surface area contributed by atoms with Gasteiger partial charge < -0.3 is 4.74 Å². The maximum Gasteiger partial charge on any atom is 0.123 e. The van der Waals surface area contributed by atoms with E-state index in [1.54, 1.807) is 12.1 Å². The fraction of sp³-hybridized carbons (Fsp3) is 0.500. The molecule has 1 aromatic rings. The number of benzene rings is 1. The van der Waals surface area contributed by atoms with Crippen molar-refractivity contribution in [2.45, 2.75) is 45.1 Å². The third-order valence-electron chi connectivity index (χ3n) is 3.67. The summed E-state index contributed by atoms with van der Waals surface area (Å²) in [5, 5.41) is 0. The second-order valence-corrected chi connectivity index (χ2v) is 5.11. The molecule has 1 fully saturated rings. The van der Waals surface area contributed by atoms with Gasteiger partial charge in [0.15, 0.2) is 0 Å². The topological polar surface area (TPSA) is 9.23 Å². The van der Waals surface area contributed by atoms with Gasteiger partial charge in [-0.3, -0.25) is 0 Å². The van der Waals surface area contributed by atoms with Crippen LogP contribution >= 0.6 is 0 Å². The van der Waals surface area contributed by atoms with Crippen molar-refractivity contribution in [3.05, 3.63) is 42.2 Å². The molecule has 18 heavy (non-hydrogen) atoms. The van der Waals surface area contributed by atoms with Crippen molar-refractivity contribution >= 4 is 0 Å². The summed E-state index contributed by atoms with van der Waals surface area (Å²) in [7, 11) is 0. The molecule has 2 unspecified atom stereocenters. The smallest absolute Gasteiger partial charge is 0.123 e. The zero-order valence-corrected chi connectivity index (χ0v) is 11.0. The highest BCUT2D eigenvalue weighted by atomic mass is 19.1. The number of hydrogen-bond acceptors (Lipinski definition) is 1. The molecule has 1 saturated carbocycles. The Bertz CT molecular complexity index is 396. The molecule has 98 valence electrons. The molecule has 1 nitrogen and oxygen atoms in total. The van der Waals surface area contributed by atoms with Crippen LogP contribution in [0.25, 0.3) is 0 Å². The van der Waals surface area contributed by atoms with Crippen LogP contribution in [0.3, 0.4) is 0 Å². The standard InChI is InChI=1S/C16H21FO/c1-3-4-13-11-16(8-5-12(13)2)18-15-9-6-14(17)7-10-15/h6-7,9-10,13,16H,2-5,8,11H2,1H3. The van der Waals surface area contributed by atoms with Crippen LogP contribution in [0.5, 0.6) is 5.75 Å². The van der Waals surface area contributed by atoms with E-state index in [0.717, 1.165) is 25.0 Å². The molecule has 0 aliphatic heterocycles. The highest BCUT2D eigenvalue weighted by molar-refractivity contribution is 5.22. The monoisotopic (exact) mass is 248 g/mol. The first-order chi connectivity index (χ1) is 8.69. The van der Waals surface area contributed by atoms with Crippen molar-refractivity contribution in [3.63, 3.8) is 0 Å². The van der Waals surface area contributed by atoms with Gasteiger partial charge in [-0.15, -0.1) is 0 Å². The molecule has 2 rings (SSSR count). The Hall–Kier alpha value is -1.31. The highest BCUT2D eigenvalue weighted by Crippen LogP contribution is 2.33. The zero-order chi connectivity index (χ0) is 13.0. The summed E-state index contributed by atoms with van der Waals surface area (Å²) in [5.41, 5.74) is 1.37. The van der Waals surface area contributed by atoms with E-state index in [9.17, 15) is 4.39 Å². The molecule has 0 saturated heterocycles. The molecule has 1 aliphatic carbocycles. The second-order valence-electron chi connectivity index (χ2n) is 5.11. The molecule has 2 heteroatoms. The Morgan fingerprint density at radius 2 is 2.06 bits per heavy atom. The average Bonchev–Trinajstić information content (AvgIpc) is 2.37. The zero-order valence-electron chi connectivity index (χ0n) is 11.0. The molecule has 0 radical (unpaired) electrons. The van der Waals surface area contributed by atoms with E-state index in [0.29, 0.717) is 5.92 Å². The lowest BCUT2D eigenvalue weighted by atomic mass is 9.81. The normalized spacial score (nSPS) is 24.0. The first kappa shape index (κ1) is 13.1. The van der Waals surface area contributed by atoms with Crippen molar-refractivity contribution in [3.8, 4) is 5.75 Å². The van der Waals surface area contributed by atoms with Gasteiger partial charge in [-0.1, -0.05) is 25.5 Å². The largest absolute Gasteiger partial charge is 0.490 e. The van der Waals surface area contributed by atoms with Gasteiger partial charge in [0.1, 0.15) is 11.6 Å². The maximum atomic E-state index is 12.8. The first-order valence-electron chi connectivity index (χ1n) is 6.79. The summed E-state index contributed by atoms with van der Waals surface area (Å²) < 4.78 is 18.7. The van der Waals surface area contributed by atoms with E-state index in [-0.39, 0.29) is 11.9 Å². The number of halogens is 1. The molecule has 0 spiro atoms. The summed E-state index contributed by atoms with van der Waals surface area (Å²) in [5.74, 6) is 1.14. The molecule has 0 heterocycles. The average molecular weight is 248 g/mol. The molecule has 0 aromatic heterocycles. The molecule has 1 aromatic carbocycles. The molecular formula is C16H21FO. The van der Waals surface area contributed by atoms with Crippen LogP contribution in [0.4, 0.5) is 4.39 Å². The van der Waals surface area contributed by atoms with Crippen LogP contribution in [0, 0.1) is 11.7 Å². The molecule has 0 N–H and O–H groups in total. The van der Waals surface area contributed by atoms with Crippen LogP contribution in [-0.4, -0.2) is 6.10 Å². The lowest BCUT2D eigenvalue weighted by Crippen LogP contribution is -2.26. The van der Waals surface area contributed by atoms with E-state index >= 15 is 0 Å². The summed E-state index contributed by atoms with van der Waals surface area (Å²) in [6.45, 7) is 6.37. The molecular weight excluding hydrogens is 227 g/mol. The number of ether oxygens (including phenoxy) is 1. The predicted molar refractivity (Wildman–Crippen MR) is 72.2 cm³/mol. The first-order valence-corrected chi connectivity index (χ1v) is 6.79. The van der Waals surface area contributed by atoms with E-state index in [4.69, 9.17) is 4.74 Å². The van der Waals surface area contributed by atoms with Crippen molar-refractivity contribution < 1.29 is 9.13 Å². The summed E-state index contributed by atoms with van der Waals surface area (Å²) >= 11 is 0. The molecule has 1 aliphatic rings. The molecule has 0 bridgehead atoms. The van der Waals surface area contributed by atoms with Crippen molar-refractivity contribution in [2.24, 2.45) is 5.92 Å². The van der Waals surface area contributed by atoms with Gasteiger partial charge in [-0.25, -0.2) is 4.39 Å². The molecule has 2 atom stereocenters. The Morgan fingerprint density at radius 1 is 1.33 bits per heavy atom. The Labute approximate surface area is 109 Å². The summed E-state index contributed by atoms with van der Waals surface area (Å²) in [6, 6.07) is 6.29. The summed E-state index contributed by atoms with van der Waals surface area (Å²) in [6.07, 6.45) is 5.75. The van der Waals surface area contributed by atoms with Crippen LogP contribution in [0.15, 0.2) is 36.4 Å². The SMILES string of the molecule is C=C1CCC(Oc2ccc(F)cc2)CC1CCC. The molecule has 0 amide bonds. The van der Waals surface area contributed by atoms with Gasteiger partial charge in [0.05, 0.1) is 6.10 Å². The van der Waals surface area contributed by atoms with E-state index in [2.05, 4.69) is 13.5 Å². The Morgan fingerprint density at radius 3 is 2.72 bits per heavy atom. The van der Waals surface area contributed by atoms with Crippen LogP contribution < -0.4 is 4.74 Å². The Kier molecular flexibility index (Phi) is 4.40. The van der Waals surface area contributed by atoms with Crippen LogP contribution in [0.2, 0.25) is 0 Å². The van der Waals surface area contributed by atoms with Gasteiger partial charge in [0.25, 0.3) is 0 Å². The van der Waals surface area contributed by atoms with Crippen LogP contribution in [-0.2, 0) is 0 Å². The van der Waals surface area contributed by atoms with Crippen molar-refractivity contribution in [2.75, 3.05) is 0 Å². The van der Waals surface area contributed by atoms with Gasteiger partial charge in [0, 0.05) is 0 Å². The van der Waals surface area contributed by atoms with Crippen LogP contribution in [0.1, 0.15) is 39.0 Å². The van der Waals surface area contributed by atoms with E-state index in [1.807, 2.05) is 0 Å². The Balaban J connectivity index is 1.93. The lowest BCUT2D eigenvalue weighted by Gasteiger charge is -2.31. The number of hydrogen-bond donors (Lipinski definition) is 0. The maximum absolute atomic E-state index is 12.8.